The molecule has 4 aliphatic rings. The summed E-state index contributed by atoms with van der Waals surface area (Å²) in [5.41, 5.74) is 3.51. The van der Waals surface area contributed by atoms with Gasteiger partial charge in [0.2, 0.25) is 0 Å². The molecule has 0 N–H and O–H groups in total. The third-order valence-electron chi connectivity index (χ3n) is 8.40. The van der Waals surface area contributed by atoms with E-state index in [2.05, 4.69) is 78.6 Å². The summed E-state index contributed by atoms with van der Waals surface area (Å²) >= 11 is 1.91. The van der Waals surface area contributed by atoms with Gasteiger partial charge < -0.3 is 4.74 Å². The van der Waals surface area contributed by atoms with Crippen molar-refractivity contribution < 1.29 is 9.53 Å². The summed E-state index contributed by atoms with van der Waals surface area (Å²) < 4.78 is 5.58. The Hall–Kier alpha value is -2.43. The van der Waals surface area contributed by atoms with Crippen molar-refractivity contribution in [2.75, 3.05) is 20.2 Å². The Morgan fingerprint density at radius 3 is 2.62 bits per heavy atom. The molecule has 2 fully saturated rings. The second-order valence-electron chi connectivity index (χ2n) is 9.80. The zero-order valence-electron chi connectivity index (χ0n) is 18.7. The number of thiophene rings is 1. The number of aryl methyl sites for hydroxylation is 1. The van der Waals surface area contributed by atoms with Crippen LogP contribution in [-0.4, -0.2) is 31.1 Å². The number of carbonyl (C=O) groups excluding carboxylic acids is 1. The van der Waals surface area contributed by atoms with E-state index in [1.807, 2.05) is 11.3 Å². The van der Waals surface area contributed by atoms with Gasteiger partial charge in [0, 0.05) is 46.6 Å². The monoisotopic (exact) mass is 443 g/mol. The number of ether oxygens (including phenoxy) is 1. The molecule has 3 nitrogen and oxygen atoms in total. The topological polar surface area (TPSA) is 29.5 Å². The van der Waals surface area contributed by atoms with Crippen LogP contribution in [0.15, 0.2) is 66.7 Å². The maximum Gasteiger partial charge on any atom is 0.314 e. The van der Waals surface area contributed by atoms with Crippen LogP contribution < -0.4 is 0 Å². The van der Waals surface area contributed by atoms with Crippen LogP contribution in [-0.2, 0) is 21.5 Å². The molecule has 32 heavy (non-hydrogen) atoms. The Bertz CT molecular complexity index is 1170. The van der Waals surface area contributed by atoms with Crippen LogP contribution in [0.5, 0.6) is 0 Å². The standard InChI is InChI=1S/C28H29NO2S/c1-19-12-13-25(32-19)27-15-14-23(21-10-6-7-11-22(21)27)28(26(30)31-2)18-29(17-24(27)28)16-20-8-4-3-5-9-20/h3-13,23-24H,14-18H2,1-2H3. The summed E-state index contributed by atoms with van der Waals surface area (Å²) in [6, 6.07) is 24.1. The normalized spacial score (nSPS) is 30.7. The van der Waals surface area contributed by atoms with Crippen molar-refractivity contribution in [3.8, 4) is 0 Å². The number of nitrogens with zero attached hydrogens (tertiary/aromatic N) is 1. The fourth-order valence-corrected chi connectivity index (χ4v) is 8.44. The predicted molar refractivity (Wildman–Crippen MR) is 128 cm³/mol. The summed E-state index contributed by atoms with van der Waals surface area (Å²) in [7, 11) is 1.57. The van der Waals surface area contributed by atoms with E-state index in [0.717, 1.165) is 32.5 Å². The molecule has 164 valence electrons. The van der Waals surface area contributed by atoms with Gasteiger partial charge in [-0.2, -0.15) is 0 Å². The van der Waals surface area contributed by atoms with Gasteiger partial charge in [-0.15, -0.1) is 11.3 Å². The Labute approximate surface area is 194 Å². The summed E-state index contributed by atoms with van der Waals surface area (Å²) in [6.45, 7) is 4.75. The van der Waals surface area contributed by atoms with E-state index in [-0.39, 0.29) is 23.2 Å². The number of hydrogen-bond donors (Lipinski definition) is 0. The summed E-state index contributed by atoms with van der Waals surface area (Å²) in [6.07, 6.45) is 2.15. The molecule has 0 spiro atoms. The third kappa shape index (κ3) is 2.60. The molecule has 0 amide bonds. The first-order chi connectivity index (χ1) is 15.6. The van der Waals surface area contributed by atoms with Crippen molar-refractivity contribution in [2.45, 2.75) is 37.6 Å². The zero-order chi connectivity index (χ0) is 21.9. The van der Waals surface area contributed by atoms with E-state index in [9.17, 15) is 4.79 Å². The smallest absolute Gasteiger partial charge is 0.314 e. The summed E-state index contributed by atoms with van der Waals surface area (Å²) in [4.78, 5) is 19.0. The molecule has 1 saturated carbocycles. The van der Waals surface area contributed by atoms with Crippen molar-refractivity contribution in [2.24, 2.45) is 11.3 Å². The first-order valence-corrected chi connectivity index (χ1v) is 12.4. The average molecular weight is 444 g/mol. The summed E-state index contributed by atoms with van der Waals surface area (Å²) in [5, 5.41) is 0. The first kappa shape index (κ1) is 20.2. The fourth-order valence-electron chi connectivity index (χ4n) is 7.28. The molecule has 4 unspecified atom stereocenters. The minimum Gasteiger partial charge on any atom is -0.469 e. The fraction of sp³-hybridized carbons (Fsp3) is 0.393. The minimum atomic E-state index is -0.492. The van der Waals surface area contributed by atoms with Crippen LogP contribution in [0.4, 0.5) is 0 Å². The van der Waals surface area contributed by atoms with Crippen LogP contribution in [0, 0.1) is 18.3 Å². The third-order valence-corrected chi connectivity index (χ3v) is 9.58. The number of fused-ring (bicyclic) bond motifs is 1. The Morgan fingerprint density at radius 1 is 1.09 bits per heavy atom. The van der Waals surface area contributed by atoms with Crippen LogP contribution in [0.25, 0.3) is 0 Å². The number of methoxy groups -OCH3 is 1. The number of likely N-dealkylation sites (tertiary alicyclic amines) is 1. The van der Waals surface area contributed by atoms with Gasteiger partial charge in [0.25, 0.3) is 0 Å². The largest absolute Gasteiger partial charge is 0.469 e. The van der Waals surface area contributed by atoms with E-state index in [4.69, 9.17) is 4.74 Å². The Balaban J connectivity index is 1.54. The van der Waals surface area contributed by atoms with E-state index < -0.39 is 5.41 Å². The lowest BCUT2D eigenvalue weighted by Crippen LogP contribution is -2.60. The molecule has 1 saturated heterocycles. The molecule has 4 heteroatoms. The highest BCUT2D eigenvalue weighted by Gasteiger charge is 2.70. The van der Waals surface area contributed by atoms with E-state index in [0.29, 0.717) is 0 Å². The van der Waals surface area contributed by atoms with Gasteiger partial charge in [0.1, 0.15) is 0 Å². The number of carbonyl (C=O) groups is 1. The molecule has 2 bridgehead atoms. The molecule has 3 aliphatic carbocycles. The second-order valence-corrected chi connectivity index (χ2v) is 11.1. The van der Waals surface area contributed by atoms with Gasteiger partial charge in [-0.25, -0.2) is 0 Å². The number of esters is 1. The van der Waals surface area contributed by atoms with Crippen molar-refractivity contribution in [1.82, 2.24) is 4.90 Å². The van der Waals surface area contributed by atoms with Crippen molar-refractivity contribution in [1.29, 1.82) is 0 Å². The lowest BCUT2D eigenvalue weighted by molar-refractivity contribution is -0.161. The average Bonchev–Trinajstić information content (AvgIpc) is 3.45. The Kier molecular flexibility index (Phi) is 4.60. The number of hydrogen-bond acceptors (Lipinski definition) is 4. The molecule has 1 aliphatic heterocycles. The van der Waals surface area contributed by atoms with Crippen LogP contribution in [0.3, 0.4) is 0 Å². The molecule has 3 aromatic rings. The molecule has 1 aromatic heterocycles. The van der Waals surface area contributed by atoms with Gasteiger partial charge in [0.15, 0.2) is 0 Å². The van der Waals surface area contributed by atoms with Crippen molar-refractivity contribution in [3.63, 3.8) is 0 Å². The molecule has 2 heterocycles. The molecule has 0 radical (unpaired) electrons. The lowest BCUT2D eigenvalue weighted by Gasteiger charge is -2.59. The van der Waals surface area contributed by atoms with E-state index in [1.54, 1.807) is 7.11 Å². The van der Waals surface area contributed by atoms with Gasteiger partial charge in [-0.05, 0) is 48.6 Å². The maximum atomic E-state index is 13.7. The van der Waals surface area contributed by atoms with Crippen LogP contribution in [0.2, 0.25) is 0 Å². The quantitative estimate of drug-likeness (QED) is 0.497. The van der Waals surface area contributed by atoms with Crippen LogP contribution >= 0.6 is 11.3 Å². The SMILES string of the molecule is COC(=O)C12CN(Cc3ccccc3)CC1C1(c3ccc(C)s3)CCC2c2ccccc21. The minimum absolute atomic E-state index is 0.0186. The molecule has 7 rings (SSSR count). The lowest BCUT2D eigenvalue weighted by atomic mass is 9.43. The molecular formula is C28H29NO2S. The molecule has 4 atom stereocenters. The van der Waals surface area contributed by atoms with Gasteiger partial charge in [-0.1, -0.05) is 54.6 Å². The van der Waals surface area contributed by atoms with Crippen molar-refractivity contribution >= 4 is 17.3 Å². The summed E-state index contributed by atoms with van der Waals surface area (Å²) in [5.74, 6) is 0.424. The highest BCUT2D eigenvalue weighted by atomic mass is 32.1. The molecular weight excluding hydrogens is 414 g/mol. The maximum absolute atomic E-state index is 13.7. The molecule has 2 aromatic carbocycles. The highest BCUT2D eigenvalue weighted by molar-refractivity contribution is 7.12. The zero-order valence-corrected chi connectivity index (χ0v) is 19.5. The van der Waals surface area contributed by atoms with E-state index >= 15 is 0 Å². The van der Waals surface area contributed by atoms with E-state index in [1.165, 1.54) is 26.4 Å². The number of rotatable bonds is 4. The Morgan fingerprint density at radius 2 is 1.88 bits per heavy atom. The second kappa shape index (κ2) is 7.29. The highest BCUT2D eigenvalue weighted by Crippen LogP contribution is 2.69. The predicted octanol–water partition coefficient (Wildman–Crippen LogP) is 5.53. The first-order valence-electron chi connectivity index (χ1n) is 11.6. The number of benzene rings is 2. The van der Waals surface area contributed by atoms with Crippen LogP contribution in [0.1, 0.15) is 45.2 Å². The van der Waals surface area contributed by atoms with Gasteiger partial charge in [-0.3, -0.25) is 9.69 Å². The van der Waals surface area contributed by atoms with Gasteiger partial charge >= 0.3 is 5.97 Å². The van der Waals surface area contributed by atoms with Gasteiger partial charge in [0.05, 0.1) is 12.5 Å². The van der Waals surface area contributed by atoms with Crippen molar-refractivity contribution in [3.05, 3.63) is 93.2 Å².